The third-order valence-corrected chi connectivity index (χ3v) is 3.73. The Morgan fingerprint density at radius 1 is 1.30 bits per heavy atom. The molecular weight excluding hydrogens is 254 g/mol. The fraction of sp³-hybridized carbons (Fsp3) is 0.400. The van der Waals surface area contributed by atoms with Gasteiger partial charge in [-0.25, -0.2) is 0 Å². The summed E-state index contributed by atoms with van der Waals surface area (Å²) in [7, 11) is 0. The van der Waals surface area contributed by atoms with E-state index in [1.54, 1.807) is 4.90 Å². The van der Waals surface area contributed by atoms with Crippen LogP contribution < -0.4 is 0 Å². The van der Waals surface area contributed by atoms with E-state index < -0.39 is 0 Å². The quantitative estimate of drug-likeness (QED) is 0.860. The van der Waals surface area contributed by atoms with E-state index in [0.29, 0.717) is 24.7 Å². The lowest BCUT2D eigenvalue weighted by Crippen LogP contribution is -2.24. The Kier molecular flexibility index (Phi) is 3.26. The molecule has 1 saturated heterocycles. The van der Waals surface area contributed by atoms with Crippen molar-refractivity contribution in [1.82, 2.24) is 15.0 Å². The Hall–Kier alpha value is -2.17. The van der Waals surface area contributed by atoms with Crippen LogP contribution in [0.15, 0.2) is 22.7 Å². The Morgan fingerprint density at radius 3 is 2.85 bits per heavy atom. The van der Waals surface area contributed by atoms with Crippen LogP contribution in [0.2, 0.25) is 0 Å². The van der Waals surface area contributed by atoms with Crippen LogP contribution in [-0.2, 0) is 11.3 Å². The van der Waals surface area contributed by atoms with Crippen molar-refractivity contribution in [1.29, 1.82) is 0 Å². The number of amides is 1. The second kappa shape index (κ2) is 5.07. The first kappa shape index (κ1) is 12.8. The smallest absolute Gasteiger partial charge is 0.257 e. The maximum atomic E-state index is 11.6. The van der Waals surface area contributed by atoms with E-state index in [1.807, 2.05) is 18.2 Å². The van der Waals surface area contributed by atoms with Crippen molar-refractivity contribution < 1.29 is 9.32 Å². The zero-order valence-corrected chi connectivity index (χ0v) is 11.7. The van der Waals surface area contributed by atoms with Crippen LogP contribution >= 0.6 is 0 Å². The molecule has 1 aromatic carbocycles. The van der Waals surface area contributed by atoms with Crippen LogP contribution in [-0.4, -0.2) is 27.5 Å². The van der Waals surface area contributed by atoms with Gasteiger partial charge in [0.1, 0.15) is 0 Å². The third-order valence-electron chi connectivity index (χ3n) is 3.73. The molecule has 20 heavy (non-hydrogen) atoms. The molecule has 0 bridgehead atoms. The molecule has 1 aliphatic heterocycles. The highest BCUT2D eigenvalue weighted by Crippen LogP contribution is 2.21. The number of rotatable bonds is 3. The fourth-order valence-electron chi connectivity index (χ4n) is 2.35. The lowest BCUT2D eigenvalue weighted by Gasteiger charge is -2.11. The summed E-state index contributed by atoms with van der Waals surface area (Å²) in [4.78, 5) is 17.7. The SMILES string of the molecule is Cc1ccc(-c2nc(CN3CCCC3=O)no2)cc1C. The monoisotopic (exact) mass is 271 g/mol. The predicted molar refractivity (Wildman–Crippen MR) is 73.9 cm³/mol. The number of hydrogen-bond donors (Lipinski definition) is 0. The minimum atomic E-state index is 0.169. The van der Waals surface area contributed by atoms with Crippen LogP contribution in [0.25, 0.3) is 11.5 Å². The Labute approximate surface area is 117 Å². The molecule has 1 aliphatic rings. The molecule has 0 N–H and O–H groups in total. The van der Waals surface area contributed by atoms with Crippen molar-refractivity contribution >= 4 is 5.91 Å². The third kappa shape index (κ3) is 2.43. The summed E-state index contributed by atoms with van der Waals surface area (Å²) in [5, 5.41) is 3.96. The zero-order chi connectivity index (χ0) is 14.1. The molecule has 0 saturated carbocycles. The Bertz CT molecular complexity index is 648. The molecule has 1 fully saturated rings. The van der Waals surface area contributed by atoms with Gasteiger partial charge in [0.15, 0.2) is 5.82 Å². The molecule has 2 aromatic rings. The van der Waals surface area contributed by atoms with E-state index in [-0.39, 0.29) is 5.91 Å². The molecule has 0 atom stereocenters. The highest BCUT2D eigenvalue weighted by molar-refractivity contribution is 5.77. The fourth-order valence-corrected chi connectivity index (χ4v) is 2.35. The molecule has 0 unspecified atom stereocenters. The summed E-state index contributed by atoms with van der Waals surface area (Å²) < 4.78 is 5.29. The topological polar surface area (TPSA) is 59.2 Å². The van der Waals surface area contributed by atoms with Crippen molar-refractivity contribution in [2.24, 2.45) is 0 Å². The van der Waals surface area contributed by atoms with Gasteiger partial charge in [-0.3, -0.25) is 4.79 Å². The van der Waals surface area contributed by atoms with Crippen LogP contribution in [0.4, 0.5) is 0 Å². The van der Waals surface area contributed by atoms with E-state index in [2.05, 4.69) is 24.0 Å². The molecule has 0 aliphatic carbocycles. The first-order chi connectivity index (χ1) is 9.63. The molecule has 5 heteroatoms. The largest absolute Gasteiger partial charge is 0.335 e. The number of aryl methyl sites for hydroxylation is 2. The van der Waals surface area contributed by atoms with Crippen molar-refractivity contribution in [3.8, 4) is 11.5 Å². The van der Waals surface area contributed by atoms with Crippen molar-refractivity contribution in [2.45, 2.75) is 33.2 Å². The van der Waals surface area contributed by atoms with Gasteiger partial charge in [-0.05, 0) is 43.5 Å². The van der Waals surface area contributed by atoms with Crippen LogP contribution in [0.1, 0.15) is 29.8 Å². The first-order valence-electron chi connectivity index (χ1n) is 6.81. The van der Waals surface area contributed by atoms with Crippen molar-refractivity contribution in [3.63, 3.8) is 0 Å². The predicted octanol–water partition coefficient (Wildman–Crippen LogP) is 2.48. The second-order valence-corrected chi connectivity index (χ2v) is 5.23. The second-order valence-electron chi connectivity index (χ2n) is 5.23. The van der Waals surface area contributed by atoms with Crippen LogP contribution in [0.5, 0.6) is 0 Å². The van der Waals surface area contributed by atoms with E-state index >= 15 is 0 Å². The van der Waals surface area contributed by atoms with Gasteiger partial charge < -0.3 is 9.42 Å². The summed E-state index contributed by atoms with van der Waals surface area (Å²) in [6.45, 7) is 5.34. The van der Waals surface area contributed by atoms with Crippen molar-refractivity contribution in [2.75, 3.05) is 6.54 Å². The minimum absolute atomic E-state index is 0.169. The molecule has 5 nitrogen and oxygen atoms in total. The number of nitrogens with zero attached hydrogens (tertiary/aromatic N) is 3. The molecule has 0 spiro atoms. The number of hydrogen-bond acceptors (Lipinski definition) is 4. The van der Waals surface area contributed by atoms with Gasteiger partial charge in [0, 0.05) is 18.5 Å². The summed E-state index contributed by atoms with van der Waals surface area (Å²) in [5.74, 6) is 1.24. The minimum Gasteiger partial charge on any atom is -0.335 e. The van der Waals surface area contributed by atoms with Crippen LogP contribution in [0, 0.1) is 13.8 Å². The van der Waals surface area contributed by atoms with Crippen molar-refractivity contribution in [3.05, 3.63) is 35.2 Å². The molecule has 3 rings (SSSR count). The molecule has 2 heterocycles. The number of aromatic nitrogens is 2. The molecule has 104 valence electrons. The van der Waals surface area contributed by atoms with Gasteiger partial charge in [0.05, 0.1) is 6.54 Å². The summed E-state index contributed by atoms with van der Waals surface area (Å²) in [5.41, 5.74) is 3.34. The average molecular weight is 271 g/mol. The van der Waals surface area contributed by atoms with Gasteiger partial charge in [-0.15, -0.1) is 0 Å². The number of carbonyl (C=O) groups is 1. The van der Waals surface area contributed by atoms with E-state index in [0.717, 1.165) is 18.5 Å². The maximum Gasteiger partial charge on any atom is 0.257 e. The average Bonchev–Trinajstić information content (AvgIpc) is 3.04. The lowest BCUT2D eigenvalue weighted by atomic mass is 10.1. The zero-order valence-electron chi connectivity index (χ0n) is 11.7. The summed E-state index contributed by atoms with van der Waals surface area (Å²) in [6.07, 6.45) is 1.54. The molecule has 1 aromatic heterocycles. The number of likely N-dealkylation sites (tertiary alicyclic amines) is 1. The highest BCUT2D eigenvalue weighted by Gasteiger charge is 2.22. The van der Waals surface area contributed by atoms with Crippen LogP contribution in [0.3, 0.4) is 0 Å². The maximum absolute atomic E-state index is 11.6. The van der Waals surface area contributed by atoms with Gasteiger partial charge in [-0.2, -0.15) is 4.98 Å². The van der Waals surface area contributed by atoms with Gasteiger partial charge in [0.2, 0.25) is 5.91 Å². The first-order valence-corrected chi connectivity index (χ1v) is 6.81. The normalized spacial score (nSPS) is 15.1. The lowest BCUT2D eigenvalue weighted by molar-refractivity contribution is -0.128. The van der Waals surface area contributed by atoms with E-state index in [9.17, 15) is 4.79 Å². The summed E-state index contributed by atoms with van der Waals surface area (Å²) in [6, 6.07) is 6.05. The van der Waals surface area contributed by atoms with E-state index in [4.69, 9.17) is 4.52 Å². The van der Waals surface area contributed by atoms with Gasteiger partial charge >= 0.3 is 0 Å². The number of carbonyl (C=O) groups excluding carboxylic acids is 1. The summed E-state index contributed by atoms with van der Waals surface area (Å²) >= 11 is 0. The molecule has 1 amide bonds. The standard InChI is InChI=1S/C15H17N3O2/c1-10-5-6-12(8-11(10)2)15-16-13(17-20-15)9-18-7-3-4-14(18)19/h5-6,8H,3-4,7,9H2,1-2H3. The Morgan fingerprint density at radius 2 is 2.15 bits per heavy atom. The number of benzene rings is 1. The van der Waals surface area contributed by atoms with E-state index in [1.165, 1.54) is 11.1 Å². The van der Waals surface area contributed by atoms with Gasteiger partial charge in [0.25, 0.3) is 5.89 Å². The molecular formula is C15H17N3O2. The highest BCUT2D eigenvalue weighted by atomic mass is 16.5. The molecule has 0 radical (unpaired) electrons. The van der Waals surface area contributed by atoms with Gasteiger partial charge in [-0.1, -0.05) is 11.2 Å². The Balaban J connectivity index is 1.79.